The lowest BCUT2D eigenvalue weighted by Gasteiger charge is -2.05. The van der Waals surface area contributed by atoms with E-state index >= 15 is 0 Å². The van der Waals surface area contributed by atoms with Crippen LogP contribution in [0.1, 0.15) is 6.42 Å². The standard InChI is InChI=1S/C6H7F3O2.CH2O3/c1-2-3-5(10)11-4-6(7,8)9;2-1(3)4/h2H,1,3-4H2;(H2,2,3,4). The van der Waals surface area contributed by atoms with Gasteiger partial charge in [0.15, 0.2) is 6.61 Å². The molecular formula is C7H9F3O5. The summed E-state index contributed by atoms with van der Waals surface area (Å²) in [4.78, 5) is 18.9. The number of ether oxygens (including phenoxy) is 1. The van der Waals surface area contributed by atoms with Crippen LogP contribution < -0.4 is 0 Å². The van der Waals surface area contributed by atoms with E-state index in [1.165, 1.54) is 6.08 Å². The monoisotopic (exact) mass is 230 g/mol. The summed E-state index contributed by atoms with van der Waals surface area (Å²) >= 11 is 0. The first-order valence-electron chi connectivity index (χ1n) is 3.44. The number of carbonyl (C=O) groups excluding carboxylic acids is 1. The first-order valence-corrected chi connectivity index (χ1v) is 3.44. The fourth-order valence-corrected chi connectivity index (χ4v) is 0.339. The summed E-state index contributed by atoms with van der Waals surface area (Å²) < 4.78 is 37.9. The zero-order chi connectivity index (χ0) is 12.5. The minimum Gasteiger partial charge on any atom is -0.456 e. The highest BCUT2D eigenvalue weighted by Crippen LogP contribution is 2.14. The summed E-state index contributed by atoms with van der Waals surface area (Å²) in [5.41, 5.74) is 0. The molecule has 0 bridgehead atoms. The molecule has 2 N–H and O–H groups in total. The zero-order valence-electron chi connectivity index (χ0n) is 7.45. The van der Waals surface area contributed by atoms with Crippen molar-refractivity contribution in [2.24, 2.45) is 0 Å². The summed E-state index contributed by atoms with van der Waals surface area (Å²) in [5.74, 6) is -0.919. The average Bonchev–Trinajstić information content (AvgIpc) is 1.99. The van der Waals surface area contributed by atoms with E-state index in [-0.39, 0.29) is 6.42 Å². The van der Waals surface area contributed by atoms with Gasteiger partial charge in [-0.3, -0.25) is 4.79 Å². The van der Waals surface area contributed by atoms with E-state index in [0.29, 0.717) is 0 Å². The zero-order valence-corrected chi connectivity index (χ0v) is 7.45. The Balaban J connectivity index is 0. The van der Waals surface area contributed by atoms with E-state index in [9.17, 15) is 18.0 Å². The van der Waals surface area contributed by atoms with Gasteiger partial charge >= 0.3 is 18.3 Å². The molecule has 0 aliphatic rings. The molecular weight excluding hydrogens is 221 g/mol. The normalized spacial score (nSPS) is 9.53. The number of alkyl halides is 3. The number of hydrogen-bond donors (Lipinski definition) is 2. The lowest BCUT2D eigenvalue weighted by atomic mass is 10.4. The second-order valence-corrected chi connectivity index (χ2v) is 2.05. The molecule has 0 atom stereocenters. The van der Waals surface area contributed by atoms with Crippen LogP contribution >= 0.6 is 0 Å². The van der Waals surface area contributed by atoms with Crippen molar-refractivity contribution in [3.63, 3.8) is 0 Å². The molecule has 8 heteroatoms. The number of carboxylic acid groups (broad SMARTS) is 2. The average molecular weight is 230 g/mol. The third-order valence-electron chi connectivity index (χ3n) is 0.708. The molecule has 0 aromatic heterocycles. The van der Waals surface area contributed by atoms with E-state index in [0.717, 1.165) is 0 Å². The summed E-state index contributed by atoms with van der Waals surface area (Å²) in [6, 6.07) is 0. The second-order valence-electron chi connectivity index (χ2n) is 2.05. The topological polar surface area (TPSA) is 83.8 Å². The Morgan fingerprint density at radius 3 is 2.00 bits per heavy atom. The fourth-order valence-electron chi connectivity index (χ4n) is 0.339. The van der Waals surface area contributed by atoms with Crippen molar-refractivity contribution in [3.05, 3.63) is 12.7 Å². The highest BCUT2D eigenvalue weighted by molar-refractivity contribution is 5.70. The van der Waals surface area contributed by atoms with Crippen LogP contribution in [0, 0.1) is 0 Å². The van der Waals surface area contributed by atoms with Crippen LogP contribution in [0.25, 0.3) is 0 Å². The molecule has 0 amide bonds. The van der Waals surface area contributed by atoms with Gasteiger partial charge in [0.2, 0.25) is 0 Å². The number of halogens is 3. The van der Waals surface area contributed by atoms with E-state index in [4.69, 9.17) is 15.0 Å². The summed E-state index contributed by atoms with van der Waals surface area (Å²) in [5, 5.41) is 13.9. The van der Waals surface area contributed by atoms with Crippen molar-refractivity contribution in [2.45, 2.75) is 12.6 Å². The van der Waals surface area contributed by atoms with Gasteiger partial charge in [-0.05, 0) is 0 Å². The summed E-state index contributed by atoms with van der Waals surface area (Å²) in [6.07, 6.45) is -5.30. The maximum absolute atomic E-state index is 11.4. The molecule has 0 rings (SSSR count). The molecule has 0 aromatic rings. The maximum Gasteiger partial charge on any atom is 0.503 e. The van der Waals surface area contributed by atoms with Gasteiger partial charge < -0.3 is 14.9 Å². The van der Waals surface area contributed by atoms with Crippen LogP contribution in [0.15, 0.2) is 12.7 Å². The van der Waals surface area contributed by atoms with E-state index in [1.54, 1.807) is 0 Å². The summed E-state index contributed by atoms with van der Waals surface area (Å²) in [6.45, 7) is 1.63. The van der Waals surface area contributed by atoms with Crippen molar-refractivity contribution in [3.8, 4) is 0 Å². The highest BCUT2D eigenvalue weighted by Gasteiger charge is 2.29. The molecule has 0 saturated heterocycles. The largest absolute Gasteiger partial charge is 0.503 e. The van der Waals surface area contributed by atoms with Gasteiger partial charge in [0, 0.05) is 0 Å². The molecule has 0 aromatic carbocycles. The van der Waals surface area contributed by atoms with Gasteiger partial charge in [0.05, 0.1) is 6.42 Å². The lowest BCUT2D eigenvalue weighted by Crippen LogP contribution is -2.19. The predicted molar refractivity (Wildman–Crippen MR) is 42.5 cm³/mol. The number of hydrogen-bond acceptors (Lipinski definition) is 3. The Hall–Kier alpha value is -1.73. The first kappa shape index (κ1) is 15.7. The van der Waals surface area contributed by atoms with Gasteiger partial charge in [0.1, 0.15) is 0 Å². The van der Waals surface area contributed by atoms with Crippen LogP contribution in [0.5, 0.6) is 0 Å². The minimum absolute atomic E-state index is 0.198. The van der Waals surface area contributed by atoms with Crippen LogP contribution in [0.2, 0.25) is 0 Å². The molecule has 0 saturated carbocycles. The second kappa shape index (κ2) is 7.65. The Labute approximate surface area is 82.8 Å². The molecule has 0 spiro atoms. The van der Waals surface area contributed by atoms with Gasteiger partial charge in [-0.15, -0.1) is 6.58 Å². The van der Waals surface area contributed by atoms with Crippen LogP contribution in [0.4, 0.5) is 18.0 Å². The van der Waals surface area contributed by atoms with Crippen molar-refractivity contribution in [2.75, 3.05) is 6.61 Å². The quantitative estimate of drug-likeness (QED) is 0.571. The van der Waals surface area contributed by atoms with Crippen LogP contribution in [-0.4, -0.2) is 35.1 Å². The van der Waals surface area contributed by atoms with Crippen molar-refractivity contribution < 1.29 is 37.7 Å². The van der Waals surface area contributed by atoms with Crippen LogP contribution in [-0.2, 0) is 9.53 Å². The first-order chi connectivity index (χ1) is 6.69. The van der Waals surface area contributed by atoms with Gasteiger partial charge in [-0.2, -0.15) is 13.2 Å². The highest BCUT2D eigenvalue weighted by atomic mass is 19.4. The van der Waals surface area contributed by atoms with Gasteiger partial charge in [-0.1, -0.05) is 6.08 Å². The molecule has 88 valence electrons. The van der Waals surface area contributed by atoms with Gasteiger partial charge in [-0.25, -0.2) is 4.79 Å². The van der Waals surface area contributed by atoms with Crippen LogP contribution in [0.3, 0.4) is 0 Å². The Morgan fingerprint density at radius 1 is 1.33 bits per heavy atom. The molecule has 0 aliphatic carbocycles. The van der Waals surface area contributed by atoms with E-state index in [2.05, 4.69) is 11.3 Å². The van der Waals surface area contributed by atoms with E-state index in [1.807, 2.05) is 0 Å². The molecule has 0 unspecified atom stereocenters. The van der Waals surface area contributed by atoms with E-state index < -0.39 is 24.9 Å². The third kappa shape index (κ3) is 24.5. The Bertz CT molecular complexity index is 219. The fraction of sp³-hybridized carbons (Fsp3) is 0.429. The van der Waals surface area contributed by atoms with Gasteiger partial charge in [0.25, 0.3) is 0 Å². The Morgan fingerprint density at radius 2 is 1.73 bits per heavy atom. The smallest absolute Gasteiger partial charge is 0.456 e. The molecule has 0 fully saturated rings. The summed E-state index contributed by atoms with van der Waals surface area (Å²) in [7, 11) is 0. The van der Waals surface area contributed by atoms with Crippen molar-refractivity contribution >= 4 is 12.1 Å². The SMILES string of the molecule is C=CCC(=O)OCC(F)(F)F.O=C(O)O. The van der Waals surface area contributed by atoms with Crippen molar-refractivity contribution in [1.82, 2.24) is 0 Å². The molecule has 15 heavy (non-hydrogen) atoms. The molecule has 0 aliphatic heterocycles. The Kier molecular flexibility index (Phi) is 8.03. The number of carbonyl (C=O) groups is 2. The predicted octanol–water partition coefficient (Wildman–Crippen LogP) is 1.89. The third-order valence-corrected chi connectivity index (χ3v) is 0.708. The van der Waals surface area contributed by atoms with Crippen molar-refractivity contribution in [1.29, 1.82) is 0 Å². The number of esters is 1. The maximum atomic E-state index is 11.4. The molecule has 0 radical (unpaired) electrons. The molecule has 0 heterocycles. The minimum atomic E-state index is -4.45. The lowest BCUT2D eigenvalue weighted by molar-refractivity contribution is -0.185. The number of rotatable bonds is 3. The molecule has 5 nitrogen and oxygen atoms in total.